The summed E-state index contributed by atoms with van der Waals surface area (Å²) >= 11 is 0. The Bertz CT molecular complexity index is 2670. The minimum Gasteiger partial charge on any atom is -0.550 e. The van der Waals surface area contributed by atoms with E-state index in [-0.39, 0.29) is 19.5 Å². The molecule has 0 saturated heterocycles. The molecule has 0 fully saturated rings. The van der Waals surface area contributed by atoms with Crippen molar-refractivity contribution in [3.05, 3.63) is 215 Å². The smallest absolute Gasteiger partial charge is 0.550 e. The number of aliphatic carboxylic acids is 2. The van der Waals surface area contributed by atoms with Gasteiger partial charge < -0.3 is 19.8 Å². The third-order valence-corrected chi connectivity index (χ3v) is 15.7. The average molecular weight is 1330 g/mol. The van der Waals surface area contributed by atoms with E-state index in [2.05, 4.69) is 12.7 Å². The molecular formula is C59H49F18O4P2Rh. The van der Waals surface area contributed by atoms with Crippen molar-refractivity contribution in [2.24, 2.45) is 10.8 Å². The van der Waals surface area contributed by atoms with Gasteiger partial charge in [-0.05, 0) is 140 Å². The van der Waals surface area contributed by atoms with Crippen LogP contribution >= 0.6 is 15.8 Å². The molecule has 6 aromatic rings. The number of allylic oxidation sites excluding steroid dienone is 3. The summed E-state index contributed by atoms with van der Waals surface area (Å²) in [6.45, 7) is 11.7. The fourth-order valence-electron chi connectivity index (χ4n) is 6.16. The van der Waals surface area contributed by atoms with Crippen molar-refractivity contribution < 1.29 is 118 Å². The van der Waals surface area contributed by atoms with E-state index >= 15 is 0 Å². The molecule has 0 spiro atoms. The van der Waals surface area contributed by atoms with Crippen LogP contribution in [0.1, 0.15) is 81.8 Å². The van der Waals surface area contributed by atoms with Crippen LogP contribution in [0.5, 0.6) is 0 Å². The van der Waals surface area contributed by atoms with Crippen molar-refractivity contribution in [2.75, 3.05) is 0 Å². The Morgan fingerprint density at radius 1 is 0.333 bits per heavy atom. The van der Waals surface area contributed by atoms with Gasteiger partial charge in [-0.25, -0.2) is 0 Å². The third kappa shape index (κ3) is 23.7. The number of benzene rings is 6. The molecule has 0 bridgehead atoms. The number of rotatable bonds is 6. The second-order valence-corrected chi connectivity index (χ2v) is 24.0. The summed E-state index contributed by atoms with van der Waals surface area (Å²) in [7, 11) is -3.39. The zero-order valence-electron chi connectivity index (χ0n) is 44.8. The van der Waals surface area contributed by atoms with Crippen molar-refractivity contribution in [2.45, 2.75) is 85.5 Å². The number of carbonyl (C=O) groups excluding carboxylic acids is 2. The molecule has 454 valence electrons. The van der Waals surface area contributed by atoms with E-state index in [0.717, 1.165) is 72.8 Å². The topological polar surface area (TPSA) is 80.3 Å². The summed E-state index contributed by atoms with van der Waals surface area (Å²) < 4.78 is 232. The molecule has 6 aromatic carbocycles. The zero-order chi connectivity index (χ0) is 63.3. The zero-order valence-corrected chi connectivity index (χ0v) is 48.3. The Kier molecular flexibility index (Phi) is 26.1. The molecule has 0 atom stereocenters. The second kappa shape index (κ2) is 29.7. The van der Waals surface area contributed by atoms with Crippen LogP contribution in [0.2, 0.25) is 0 Å². The van der Waals surface area contributed by atoms with Gasteiger partial charge in [0.1, 0.15) is 0 Å². The van der Waals surface area contributed by atoms with Gasteiger partial charge in [0.15, 0.2) is 0 Å². The van der Waals surface area contributed by atoms with Crippen LogP contribution in [0, 0.1) is 17.3 Å². The molecule has 0 N–H and O–H groups in total. The fraction of sp³-hybridized carbons (Fsp3) is 0.254. The van der Waals surface area contributed by atoms with Crippen molar-refractivity contribution in [1.82, 2.24) is 0 Å². The Morgan fingerprint density at radius 2 is 0.488 bits per heavy atom. The molecule has 0 saturated carbocycles. The molecule has 0 aliphatic heterocycles. The fourth-order valence-corrected chi connectivity index (χ4v) is 10.6. The normalized spacial score (nSPS) is 12.9. The largest absolute Gasteiger partial charge is 2.00 e. The van der Waals surface area contributed by atoms with E-state index in [0.29, 0.717) is 31.8 Å². The van der Waals surface area contributed by atoms with Gasteiger partial charge in [-0.15, -0.1) is 5.73 Å². The van der Waals surface area contributed by atoms with Crippen LogP contribution in [-0.2, 0) is 66.1 Å². The Hall–Kier alpha value is -6.26. The maximum atomic E-state index is 12.9. The van der Waals surface area contributed by atoms with E-state index in [1.54, 1.807) is 41.5 Å². The van der Waals surface area contributed by atoms with Gasteiger partial charge in [0.05, 0.1) is 33.4 Å². The van der Waals surface area contributed by atoms with Gasteiger partial charge in [0.2, 0.25) is 0 Å². The number of alkyl halides is 18. The van der Waals surface area contributed by atoms with E-state index in [1.165, 1.54) is 78.4 Å². The van der Waals surface area contributed by atoms with Crippen molar-refractivity contribution in [1.29, 1.82) is 0 Å². The third-order valence-electron chi connectivity index (χ3n) is 10.8. The van der Waals surface area contributed by atoms with Crippen LogP contribution in [0.25, 0.3) is 0 Å². The SMILES string of the molecule is CC(C)(C)C(=O)[O-].CC(C)(C)C(=O)[O-].CC1=CC=C=C[CH]1.FC(F)(F)c1ccc(P(c2ccc(C(F)(F)F)cc2)c2ccc(C(F)(F)F)cc2)cc1.FC(F)(F)c1ccc(P(c2ccc(C(F)(F)F)cc2)c2ccc(C(F)(F)F)cc2)cc1.[Rh+2]. The molecule has 7 rings (SSSR count). The Labute approximate surface area is 487 Å². The summed E-state index contributed by atoms with van der Waals surface area (Å²) in [4.78, 5) is 19.8. The minimum absolute atomic E-state index is 0. The van der Waals surface area contributed by atoms with Gasteiger partial charge in [-0.3, -0.25) is 0 Å². The Morgan fingerprint density at radius 3 is 0.571 bits per heavy atom. The van der Waals surface area contributed by atoms with Gasteiger partial charge in [0.25, 0.3) is 0 Å². The van der Waals surface area contributed by atoms with Gasteiger partial charge >= 0.3 is 56.5 Å². The standard InChI is InChI=1S/2C21H12F9P.C7H7.2C5H10O2.Rh/c2*22-19(23,24)13-1-7-16(8-2-13)31(17-9-3-14(4-10-17)20(25,26)27)18-11-5-15(6-12-18)21(28,29)30;1-7-5-3-2-4-6-7;2*1-5(2,3)4(6)7;/h2*1-12H;3-6H,1H3;2*1-3H3,(H,6,7);/q;;;;;+2/p-2. The first-order valence-corrected chi connectivity index (χ1v) is 26.5. The van der Waals surface area contributed by atoms with Crippen LogP contribution < -0.4 is 42.0 Å². The number of halogens is 18. The monoisotopic (exact) mass is 1330 g/mol. The van der Waals surface area contributed by atoms with E-state index in [9.17, 15) is 98.8 Å². The first kappa shape index (κ1) is 73.8. The van der Waals surface area contributed by atoms with E-state index in [1.807, 2.05) is 24.6 Å². The van der Waals surface area contributed by atoms with Gasteiger partial charge in [-0.2, -0.15) is 79.0 Å². The summed E-state index contributed by atoms with van der Waals surface area (Å²) in [6.07, 6.45) is -19.6. The van der Waals surface area contributed by atoms with Gasteiger partial charge in [0, 0.05) is 29.2 Å². The van der Waals surface area contributed by atoms with Crippen LogP contribution in [0.4, 0.5) is 79.0 Å². The number of hydrogen-bond acceptors (Lipinski definition) is 4. The van der Waals surface area contributed by atoms with Crippen LogP contribution in [0.15, 0.2) is 175 Å². The second-order valence-electron chi connectivity index (χ2n) is 19.6. The molecule has 0 heterocycles. The molecule has 2 radical (unpaired) electrons. The molecule has 4 nitrogen and oxygen atoms in total. The molecule has 0 aromatic heterocycles. The Balaban J connectivity index is 0.000000423. The summed E-state index contributed by atoms with van der Waals surface area (Å²) in [5.74, 6) is -2.01. The maximum Gasteiger partial charge on any atom is 2.00 e. The minimum atomic E-state index is -4.58. The quantitative estimate of drug-likeness (QED) is 0.0720. The maximum absolute atomic E-state index is 12.9. The van der Waals surface area contributed by atoms with Gasteiger partial charge in [-0.1, -0.05) is 126 Å². The summed E-state index contributed by atoms with van der Waals surface area (Å²) in [5, 5.41) is 21.9. The van der Waals surface area contributed by atoms with Crippen molar-refractivity contribution in [3.8, 4) is 0 Å². The first-order chi connectivity index (χ1) is 37.8. The van der Waals surface area contributed by atoms with E-state index < -0.39 is 109 Å². The summed E-state index contributed by atoms with van der Waals surface area (Å²) in [5.41, 5.74) is -2.63. The number of hydrogen-bond donors (Lipinski definition) is 0. The van der Waals surface area contributed by atoms with Crippen molar-refractivity contribution in [3.63, 3.8) is 0 Å². The average Bonchev–Trinajstić information content (AvgIpc) is 3.55. The molecule has 0 unspecified atom stereocenters. The molecular weight excluding hydrogens is 1280 g/mol. The first-order valence-electron chi connectivity index (χ1n) is 23.8. The van der Waals surface area contributed by atoms with Crippen LogP contribution in [0.3, 0.4) is 0 Å². The predicted octanol–water partition coefficient (Wildman–Crippen LogP) is 14.4. The molecule has 0 amide bonds. The van der Waals surface area contributed by atoms with Crippen LogP contribution in [-0.4, -0.2) is 11.9 Å². The molecule has 1 aliphatic rings. The summed E-state index contributed by atoms with van der Waals surface area (Å²) in [6, 6.07) is 24.2. The molecule has 25 heteroatoms. The number of carbonyl (C=O) groups is 2. The molecule has 1 aliphatic carbocycles. The van der Waals surface area contributed by atoms with E-state index in [4.69, 9.17) is 0 Å². The van der Waals surface area contributed by atoms with Crippen molar-refractivity contribution >= 4 is 59.6 Å². The number of carboxylic acid groups (broad SMARTS) is 2. The number of carboxylic acids is 2. The molecule has 84 heavy (non-hydrogen) atoms. The predicted molar refractivity (Wildman–Crippen MR) is 280 cm³/mol.